The van der Waals surface area contributed by atoms with Crippen LogP contribution in [0.25, 0.3) is 0 Å². The van der Waals surface area contributed by atoms with Crippen LogP contribution in [0.2, 0.25) is 0 Å². The van der Waals surface area contributed by atoms with Crippen LogP contribution in [0.1, 0.15) is 36.8 Å². The minimum absolute atomic E-state index is 0.281. The van der Waals surface area contributed by atoms with E-state index in [1.165, 1.54) is 12.8 Å². The van der Waals surface area contributed by atoms with Gasteiger partial charge < -0.3 is 20.1 Å². The van der Waals surface area contributed by atoms with Gasteiger partial charge in [-0.3, -0.25) is 9.67 Å². The van der Waals surface area contributed by atoms with Gasteiger partial charge in [0.15, 0.2) is 17.5 Å². The van der Waals surface area contributed by atoms with E-state index in [9.17, 15) is 0 Å². The maximum atomic E-state index is 6.29. The van der Waals surface area contributed by atoms with E-state index in [4.69, 9.17) is 9.47 Å². The highest BCUT2D eigenvalue weighted by molar-refractivity contribution is 5.79. The lowest BCUT2D eigenvalue weighted by Gasteiger charge is -2.20. The second-order valence-electron chi connectivity index (χ2n) is 6.77. The van der Waals surface area contributed by atoms with Crippen molar-refractivity contribution in [1.82, 2.24) is 20.4 Å². The number of nitrogens with zero attached hydrogens (tertiary/aromatic N) is 3. The molecule has 1 aliphatic carbocycles. The Morgan fingerprint density at radius 1 is 1.26 bits per heavy atom. The maximum Gasteiger partial charge on any atom is 0.191 e. The molecule has 0 unspecified atom stereocenters. The largest absolute Gasteiger partial charge is 0.493 e. The first kappa shape index (κ1) is 19.1. The topological polar surface area (TPSA) is 72.7 Å². The molecule has 0 radical (unpaired) electrons. The van der Waals surface area contributed by atoms with Crippen LogP contribution in [0.15, 0.2) is 35.6 Å². The van der Waals surface area contributed by atoms with Gasteiger partial charge in [0.25, 0.3) is 0 Å². The summed E-state index contributed by atoms with van der Waals surface area (Å²) in [6.45, 7) is 1.27. The SMILES string of the molecule is CN=C(NCc1cnn(C)c1)NCc1cccc(OC)c1OC1CCCC1. The molecule has 1 aromatic heterocycles. The van der Waals surface area contributed by atoms with Crippen LogP contribution in [-0.4, -0.2) is 36.0 Å². The molecule has 0 amide bonds. The Labute approximate surface area is 160 Å². The number of nitrogens with one attached hydrogen (secondary N) is 2. The third-order valence-electron chi connectivity index (χ3n) is 4.76. The van der Waals surface area contributed by atoms with Gasteiger partial charge in [0.2, 0.25) is 0 Å². The molecular formula is C20H29N5O2. The lowest BCUT2D eigenvalue weighted by Crippen LogP contribution is -2.36. The number of aromatic nitrogens is 2. The number of methoxy groups -OCH3 is 1. The van der Waals surface area contributed by atoms with Crippen LogP contribution in [0, 0.1) is 0 Å². The molecular weight excluding hydrogens is 342 g/mol. The number of aryl methyl sites for hydroxylation is 1. The molecule has 7 heteroatoms. The zero-order valence-corrected chi connectivity index (χ0v) is 16.4. The highest BCUT2D eigenvalue weighted by atomic mass is 16.5. The van der Waals surface area contributed by atoms with Crippen LogP contribution in [0.5, 0.6) is 11.5 Å². The third-order valence-corrected chi connectivity index (χ3v) is 4.76. The molecule has 0 bridgehead atoms. The van der Waals surface area contributed by atoms with E-state index >= 15 is 0 Å². The summed E-state index contributed by atoms with van der Waals surface area (Å²) >= 11 is 0. The summed E-state index contributed by atoms with van der Waals surface area (Å²) < 4.78 is 13.6. The number of hydrogen-bond acceptors (Lipinski definition) is 4. The Bertz CT molecular complexity index is 765. The summed E-state index contributed by atoms with van der Waals surface area (Å²) in [6.07, 6.45) is 8.80. The first-order chi connectivity index (χ1) is 13.2. The second-order valence-corrected chi connectivity index (χ2v) is 6.77. The Balaban J connectivity index is 1.63. The summed E-state index contributed by atoms with van der Waals surface area (Å²) in [5.41, 5.74) is 2.16. The van der Waals surface area contributed by atoms with Gasteiger partial charge in [-0.05, 0) is 31.7 Å². The van der Waals surface area contributed by atoms with Crippen molar-refractivity contribution in [3.8, 4) is 11.5 Å². The number of para-hydroxylation sites is 1. The average molecular weight is 371 g/mol. The quantitative estimate of drug-likeness (QED) is 0.578. The fraction of sp³-hybridized carbons (Fsp3) is 0.500. The van der Waals surface area contributed by atoms with Gasteiger partial charge in [-0.1, -0.05) is 12.1 Å². The van der Waals surface area contributed by atoms with Crippen molar-refractivity contribution in [2.75, 3.05) is 14.2 Å². The Morgan fingerprint density at radius 2 is 2.04 bits per heavy atom. The predicted molar refractivity (Wildman–Crippen MR) is 106 cm³/mol. The minimum Gasteiger partial charge on any atom is -0.493 e. The smallest absolute Gasteiger partial charge is 0.191 e. The van der Waals surface area contributed by atoms with E-state index in [0.29, 0.717) is 13.1 Å². The molecule has 7 nitrogen and oxygen atoms in total. The van der Waals surface area contributed by atoms with Crippen molar-refractivity contribution in [2.24, 2.45) is 12.0 Å². The highest BCUT2D eigenvalue weighted by Gasteiger charge is 2.20. The lowest BCUT2D eigenvalue weighted by molar-refractivity contribution is 0.198. The monoisotopic (exact) mass is 371 g/mol. The van der Waals surface area contributed by atoms with E-state index in [1.54, 1.807) is 18.8 Å². The van der Waals surface area contributed by atoms with Gasteiger partial charge in [-0.15, -0.1) is 0 Å². The lowest BCUT2D eigenvalue weighted by atomic mass is 10.1. The number of aliphatic imine (C=N–C) groups is 1. The first-order valence-electron chi connectivity index (χ1n) is 9.44. The van der Waals surface area contributed by atoms with Crippen molar-refractivity contribution < 1.29 is 9.47 Å². The molecule has 1 heterocycles. The third kappa shape index (κ3) is 5.15. The molecule has 0 saturated heterocycles. The number of rotatable bonds is 7. The maximum absolute atomic E-state index is 6.29. The van der Waals surface area contributed by atoms with Crippen molar-refractivity contribution >= 4 is 5.96 Å². The van der Waals surface area contributed by atoms with E-state index in [-0.39, 0.29) is 6.10 Å². The molecule has 2 aromatic rings. The normalized spacial score (nSPS) is 15.0. The van der Waals surface area contributed by atoms with Crippen molar-refractivity contribution in [3.63, 3.8) is 0 Å². The summed E-state index contributed by atoms with van der Waals surface area (Å²) in [5.74, 6) is 2.34. The van der Waals surface area contributed by atoms with Crippen molar-refractivity contribution in [3.05, 3.63) is 41.7 Å². The molecule has 0 aliphatic heterocycles. The molecule has 1 saturated carbocycles. The Kier molecular flexibility index (Phi) is 6.57. The van der Waals surface area contributed by atoms with Crippen LogP contribution in [0.4, 0.5) is 0 Å². The zero-order chi connectivity index (χ0) is 19.1. The van der Waals surface area contributed by atoms with Gasteiger partial charge >= 0.3 is 0 Å². The van der Waals surface area contributed by atoms with Gasteiger partial charge in [-0.2, -0.15) is 5.10 Å². The minimum atomic E-state index is 0.281. The molecule has 3 rings (SSSR count). The second kappa shape index (κ2) is 9.30. The Morgan fingerprint density at radius 3 is 2.70 bits per heavy atom. The number of hydrogen-bond donors (Lipinski definition) is 2. The number of guanidine groups is 1. The number of benzene rings is 1. The van der Waals surface area contributed by atoms with Crippen molar-refractivity contribution in [2.45, 2.75) is 44.9 Å². The Hall–Kier alpha value is -2.70. The fourth-order valence-corrected chi connectivity index (χ4v) is 3.32. The van der Waals surface area contributed by atoms with Crippen LogP contribution in [-0.2, 0) is 20.1 Å². The molecule has 1 aliphatic rings. The zero-order valence-electron chi connectivity index (χ0n) is 16.4. The van der Waals surface area contributed by atoms with E-state index in [1.807, 2.05) is 31.6 Å². The summed E-state index contributed by atoms with van der Waals surface area (Å²) in [7, 11) is 5.35. The van der Waals surface area contributed by atoms with E-state index in [0.717, 1.165) is 41.4 Å². The molecule has 0 atom stereocenters. The van der Waals surface area contributed by atoms with Crippen molar-refractivity contribution in [1.29, 1.82) is 0 Å². The van der Waals surface area contributed by atoms with Gasteiger partial charge in [0.05, 0.1) is 19.4 Å². The van der Waals surface area contributed by atoms with Crippen LogP contribution in [0.3, 0.4) is 0 Å². The van der Waals surface area contributed by atoms with Crippen LogP contribution >= 0.6 is 0 Å². The molecule has 1 aromatic carbocycles. The molecule has 0 spiro atoms. The highest BCUT2D eigenvalue weighted by Crippen LogP contribution is 2.34. The van der Waals surface area contributed by atoms with Crippen LogP contribution < -0.4 is 20.1 Å². The average Bonchev–Trinajstić information content (AvgIpc) is 3.34. The summed E-state index contributed by atoms with van der Waals surface area (Å²) in [6, 6.07) is 6.00. The van der Waals surface area contributed by atoms with Gasteiger partial charge in [-0.25, -0.2) is 0 Å². The predicted octanol–water partition coefficient (Wildman–Crippen LogP) is 2.62. The molecule has 27 heavy (non-hydrogen) atoms. The summed E-state index contributed by atoms with van der Waals surface area (Å²) in [4.78, 5) is 4.30. The standard InChI is InChI=1S/C20H29N5O2/c1-21-20(22-11-15-12-24-25(2)14-15)23-13-16-7-6-10-18(26-3)19(16)27-17-8-4-5-9-17/h6-7,10,12,14,17H,4-5,8-9,11,13H2,1-3H3,(H2,21,22,23). The van der Waals surface area contributed by atoms with Gasteiger partial charge in [0, 0.05) is 44.5 Å². The first-order valence-corrected chi connectivity index (χ1v) is 9.44. The van der Waals surface area contributed by atoms with E-state index < -0.39 is 0 Å². The van der Waals surface area contributed by atoms with E-state index in [2.05, 4.69) is 26.8 Å². The fourth-order valence-electron chi connectivity index (χ4n) is 3.32. The molecule has 1 fully saturated rings. The van der Waals surface area contributed by atoms with Gasteiger partial charge in [0.1, 0.15) is 0 Å². The molecule has 2 N–H and O–H groups in total. The number of ether oxygens (including phenoxy) is 2. The summed E-state index contributed by atoms with van der Waals surface area (Å²) in [5, 5.41) is 10.8. The molecule has 146 valence electrons.